The molecule has 0 aliphatic rings. The molecule has 0 fully saturated rings. The van der Waals surface area contributed by atoms with Crippen LogP contribution in [0, 0.1) is 10.1 Å². The standard InChI is InChI=1S/C12H12N4O5/c1-6(12(18)19)15(2)9-4-8-7(3-10(9)16(20)21)11(17)14-5-13-8/h3-6H,1-2H3,(H,18,19)(H,13,14,17). The predicted molar refractivity (Wildman–Crippen MR) is 74.5 cm³/mol. The summed E-state index contributed by atoms with van der Waals surface area (Å²) in [4.78, 5) is 40.7. The molecule has 9 heteroatoms. The third-order valence-corrected chi connectivity index (χ3v) is 3.25. The molecule has 1 atom stereocenters. The lowest BCUT2D eigenvalue weighted by atomic mass is 10.1. The van der Waals surface area contributed by atoms with Crippen molar-refractivity contribution in [2.75, 3.05) is 11.9 Å². The van der Waals surface area contributed by atoms with Gasteiger partial charge in [0.15, 0.2) is 0 Å². The molecule has 1 aromatic heterocycles. The minimum absolute atomic E-state index is 0.0735. The number of aliphatic carboxylic acids is 1. The van der Waals surface area contributed by atoms with Crippen LogP contribution < -0.4 is 10.5 Å². The van der Waals surface area contributed by atoms with E-state index in [1.54, 1.807) is 0 Å². The van der Waals surface area contributed by atoms with E-state index in [0.29, 0.717) is 0 Å². The number of anilines is 1. The number of nitro benzene ring substituents is 1. The summed E-state index contributed by atoms with van der Waals surface area (Å²) in [5.74, 6) is -1.12. The number of carboxylic acid groups (broad SMARTS) is 1. The maximum atomic E-state index is 11.7. The van der Waals surface area contributed by atoms with Crippen LogP contribution in [0.1, 0.15) is 6.92 Å². The zero-order valence-corrected chi connectivity index (χ0v) is 11.2. The molecule has 1 heterocycles. The largest absolute Gasteiger partial charge is 0.480 e. The Labute approximate surface area is 118 Å². The maximum Gasteiger partial charge on any atom is 0.326 e. The zero-order valence-electron chi connectivity index (χ0n) is 11.2. The van der Waals surface area contributed by atoms with E-state index in [9.17, 15) is 19.7 Å². The number of hydrogen-bond donors (Lipinski definition) is 2. The highest BCUT2D eigenvalue weighted by atomic mass is 16.6. The molecule has 0 bridgehead atoms. The number of carboxylic acids is 1. The second-order valence-electron chi connectivity index (χ2n) is 4.47. The molecular formula is C12H12N4O5. The van der Waals surface area contributed by atoms with Gasteiger partial charge >= 0.3 is 5.97 Å². The summed E-state index contributed by atoms with van der Waals surface area (Å²) in [6.45, 7) is 1.40. The van der Waals surface area contributed by atoms with Crippen LogP contribution in [0.5, 0.6) is 0 Å². The van der Waals surface area contributed by atoms with E-state index in [1.165, 1.54) is 31.3 Å². The lowest BCUT2D eigenvalue weighted by Crippen LogP contribution is -2.36. The van der Waals surface area contributed by atoms with Crippen LogP contribution >= 0.6 is 0 Å². The highest BCUT2D eigenvalue weighted by Gasteiger charge is 2.25. The van der Waals surface area contributed by atoms with Crippen molar-refractivity contribution in [1.82, 2.24) is 9.97 Å². The van der Waals surface area contributed by atoms with Gasteiger partial charge in [0.05, 0.1) is 22.2 Å². The second-order valence-corrected chi connectivity index (χ2v) is 4.47. The minimum atomic E-state index is -1.12. The summed E-state index contributed by atoms with van der Waals surface area (Å²) >= 11 is 0. The van der Waals surface area contributed by atoms with Gasteiger partial charge in [-0.2, -0.15) is 0 Å². The summed E-state index contributed by atoms with van der Waals surface area (Å²) < 4.78 is 0. The number of rotatable bonds is 4. The zero-order chi connectivity index (χ0) is 15.7. The molecule has 2 aromatic rings. The van der Waals surface area contributed by atoms with Crippen molar-refractivity contribution in [3.8, 4) is 0 Å². The van der Waals surface area contributed by atoms with Crippen molar-refractivity contribution in [2.24, 2.45) is 0 Å². The average Bonchev–Trinajstić information content (AvgIpc) is 2.44. The molecule has 1 unspecified atom stereocenters. The van der Waals surface area contributed by atoms with Gasteiger partial charge in [-0.15, -0.1) is 0 Å². The van der Waals surface area contributed by atoms with Crippen LogP contribution in [0.3, 0.4) is 0 Å². The number of nitrogens with zero attached hydrogens (tertiary/aromatic N) is 3. The smallest absolute Gasteiger partial charge is 0.326 e. The van der Waals surface area contributed by atoms with Gasteiger partial charge in [-0.3, -0.25) is 14.9 Å². The number of aromatic amines is 1. The molecule has 0 aliphatic heterocycles. The number of hydrogen-bond acceptors (Lipinski definition) is 6. The van der Waals surface area contributed by atoms with Gasteiger partial charge in [-0.05, 0) is 13.0 Å². The van der Waals surface area contributed by atoms with Crippen LogP contribution in [0.4, 0.5) is 11.4 Å². The molecular weight excluding hydrogens is 280 g/mol. The summed E-state index contributed by atoms with van der Waals surface area (Å²) in [6.07, 6.45) is 1.18. The van der Waals surface area contributed by atoms with Gasteiger partial charge in [0, 0.05) is 13.1 Å². The van der Waals surface area contributed by atoms with Gasteiger partial charge in [0.1, 0.15) is 11.7 Å². The van der Waals surface area contributed by atoms with Crippen LogP contribution in [-0.4, -0.2) is 39.1 Å². The summed E-state index contributed by atoms with van der Waals surface area (Å²) in [5, 5.41) is 20.3. The van der Waals surface area contributed by atoms with E-state index in [2.05, 4.69) is 9.97 Å². The van der Waals surface area contributed by atoms with Gasteiger partial charge in [-0.1, -0.05) is 0 Å². The first-order chi connectivity index (χ1) is 9.82. The second kappa shape index (κ2) is 5.19. The van der Waals surface area contributed by atoms with Crippen molar-refractivity contribution in [2.45, 2.75) is 13.0 Å². The van der Waals surface area contributed by atoms with Gasteiger partial charge in [0.2, 0.25) is 0 Å². The van der Waals surface area contributed by atoms with Crippen LogP contribution in [0.25, 0.3) is 10.9 Å². The number of aromatic nitrogens is 2. The minimum Gasteiger partial charge on any atom is -0.480 e. The fourth-order valence-electron chi connectivity index (χ4n) is 1.90. The Hall–Kier alpha value is -2.97. The average molecular weight is 292 g/mol. The first kappa shape index (κ1) is 14.4. The first-order valence-electron chi connectivity index (χ1n) is 5.94. The normalized spacial score (nSPS) is 12.1. The monoisotopic (exact) mass is 292 g/mol. The molecule has 110 valence electrons. The van der Waals surface area contributed by atoms with Crippen LogP contribution in [0.2, 0.25) is 0 Å². The summed E-state index contributed by atoms with van der Waals surface area (Å²) in [5.41, 5.74) is -0.510. The van der Waals surface area contributed by atoms with Gasteiger partial charge < -0.3 is 15.0 Å². The van der Waals surface area contributed by atoms with Gasteiger partial charge in [0.25, 0.3) is 11.2 Å². The quantitative estimate of drug-likeness (QED) is 0.627. The Morgan fingerprint density at radius 1 is 1.52 bits per heavy atom. The number of nitro groups is 1. The number of carbonyl (C=O) groups is 1. The molecule has 0 amide bonds. The molecule has 9 nitrogen and oxygen atoms in total. The van der Waals surface area contributed by atoms with Crippen molar-refractivity contribution in [1.29, 1.82) is 0 Å². The fourth-order valence-corrected chi connectivity index (χ4v) is 1.90. The SMILES string of the molecule is CC(C(=O)O)N(C)c1cc2nc[nH]c(=O)c2cc1[N+](=O)[O-]. The highest BCUT2D eigenvalue weighted by molar-refractivity contribution is 5.88. The number of likely N-dealkylation sites (N-methyl/N-ethyl adjacent to an activating group) is 1. The van der Waals surface area contributed by atoms with Gasteiger partial charge in [-0.25, -0.2) is 9.78 Å². The topological polar surface area (TPSA) is 129 Å². The lowest BCUT2D eigenvalue weighted by Gasteiger charge is -2.23. The Balaban J connectivity index is 2.72. The van der Waals surface area contributed by atoms with Crippen molar-refractivity contribution in [3.05, 3.63) is 38.9 Å². The highest BCUT2D eigenvalue weighted by Crippen LogP contribution is 2.31. The van der Waals surface area contributed by atoms with E-state index in [1.807, 2.05) is 0 Å². The molecule has 0 saturated heterocycles. The van der Waals surface area contributed by atoms with Crippen molar-refractivity contribution < 1.29 is 14.8 Å². The Morgan fingerprint density at radius 2 is 2.19 bits per heavy atom. The van der Waals surface area contributed by atoms with Crippen LogP contribution in [-0.2, 0) is 4.79 Å². The van der Waals surface area contributed by atoms with Crippen molar-refractivity contribution >= 4 is 28.2 Å². The Kier molecular flexibility index (Phi) is 3.57. The van der Waals surface area contributed by atoms with E-state index in [-0.39, 0.29) is 22.3 Å². The third-order valence-electron chi connectivity index (χ3n) is 3.25. The number of H-pyrrole nitrogens is 1. The van der Waals surface area contributed by atoms with E-state index in [0.717, 1.165) is 6.07 Å². The maximum absolute atomic E-state index is 11.7. The summed E-state index contributed by atoms with van der Waals surface area (Å²) in [7, 11) is 1.43. The molecule has 1 aromatic carbocycles. The number of benzene rings is 1. The number of fused-ring (bicyclic) bond motifs is 1. The Bertz CT molecular complexity index is 785. The van der Waals surface area contributed by atoms with E-state index in [4.69, 9.17) is 5.11 Å². The molecule has 2 N–H and O–H groups in total. The number of nitrogens with one attached hydrogen (secondary N) is 1. The Morgan fingerprint density at radius 3 is 2.76 bits per heavy atom. The lowest BCUT2D eigenvalue weighted by molar-refractivity contribution is -0.384. The first-order valence-corrected chi connectivity index (χ1v) is 5.94. The summed E-state index contributed by atoms with van der Waals surface area (Å²) in [6, 6.07) is 1.46. The van der Waals surface area contributed by atoms with E-state index < -0.39 is 22.5 Å². The molecule has 0 saturated carbocycles. The molecule has 0 aliphatic carbocycles. The molecule has 0 radical (unpaired) electrons. The van der Waals surface area contributed by atoms with E-state index >= 15 is 0 Å². The molecule has 21 heavy (non-hydrogen) atoms. The van der Waals surface area contributed by atoms with Crippen molar-refractivity contribution in [3.63, 3.8) is 0 Å². The molecule has 2 rings (SSSR count). The fraction of sp³-hybridized carbons (Fsp3) is 0.250. The van der Waals surface area contributed by atoms with Crippen LogP contribution in [0.15, 0.2) is 23.3 Å². The molecule has 0 spiro atoms. The third kappa shape index (κ3) is 2.53. The predicted octanol–water partition coefficient (Wildman–Crippen LogP) is 0.741.